The summed E-state index contributed by atoms with van der Waals surface area (Å²) in [7, 11) is 0. The standard InChI is InChI=1S/C19H18F3N3O4.ClH/c20-19(21,22)15-7-11(10-23)8-16(24-15)29-13-4-1-3-12(9-13)17(26)25-6-2-5-14(25)18(27)28;/h1,3-4,7-9,14H,2,5-6,10,23H2,(H,27,28);1H/t14-;/m0./s1. The third-order valence-corrected chi connectivity index (χ3v) is 4.49. The van der Waals surface area contributed by atoms with Crippen molar-refractivity contribution in [1.82, 2.24) is 9.88 Å². The number of amides is 1. The van der Waals surface area contributed by atoms with Gasteiger partial charge in [-0.25, -0.2) is 9.78 Å². The second kappa shape index (κ2) is 9.31. The summed E-state index contributed by atoms with van der Waals surface area (Å²) in [5.74, 6) is -1.78. The Labute approximate surface area is 176 Å². The van der Waals surface area contributed by atoms with E-state index in [2.05, 4.69) is 4.98 Å². The number of nitrogens with two attached hydrogens (primary N) is 1. The Balaban J connectivity index is 0.00000320. The number of carboxylic acids is 1. The number of pyridine rings is 1. The lowest BCUT2D eigenvalue weighted by Crippen LogP contribution is -2.40. The van der Waals surface area contributed by atoms with Crippen LogP contribution in [0.1, 0.15) is 34.5 Å². The molecule has 1 aromatic heterocycles. The Kier molecular flexibility index (Phi) is 7.27. The molecule has 0 spiro atoms. The van der Waals surface area contributed by atoms with Crippen LogP contribution in [0.2, 0.25) is 0 Å². The SMILES string of the molecule is Cl.NCc1cc(Oc2cccc(C(=O)N3CCC[C@H]3C(=O)O)c2)nc(C(F)(F)F)c1. The topological polar surface area (TPSA) is 106 Å². The van der Waals surface area contributed by atoms with Gasteiger partial charge in [-0.1, -0.05) is 6.07 Å². The van der Waals surface area contributed by atoms with Crippen LogP contribution in [0.3, 0.4) is 0 Å². The molecule has 7 nitrogen and oxygen atoms in total. The van der Waals surface area contributed by atoms with Crippen molar-refractivity contribution in [3.05, 3.63) is 53.2 Å². The number of rotatable bonds is 5. The van der Waals surface area contributed by atoms with Gasteiger partial charge in [0.1, 0.15) is 17.5 Å². The number of nitrogens with zero attached hydrogens (tertiary/aromatic N) is 2. The minimum Gasteiger partial charge on any atom is -0.480 e. The summed E-state index contributed by atoms with van der Waals surface area (Å²) in [5.41, 5.74) is 4.67. The van der Waals surface area contributed by atoms with Gasteiger partial charge >= 0.3 is 12.1 Å². The van der Waals surface area contributed by atoms with Crippen LogP contribution >= 0.6 is 12.4 Å². The first kappa shape index (κ1) is 23.4. The van der Waals surface area contributed by atoms with E-state index in [9.17, 15) is 27.9 Å². The lowest BCUT2D eigenvalue weighted by Gasteiger charge is -2.21. The van der Waals surface area contributed by atoms with Crippen LogP contribution in [-0.4, -0.2) is 39.5 Å². The first-order chi connectivity index (χ1) is 13.7. The second-order valence-electron chi connectivity index (χ2n) is 6.53. The first-order valence-corrected chi connectivity index (χ1v) is 8.79. The molecule has 3 N–H and O–H groups in total. The zero-order valence-electron chi connectivity index (χ0n) is 15.6. The summed E-state index contributed by atoms with van der Waals surface area (Å²) in [4.78, 5) is 28.7. The molecular weight excluding hydrogens is 427 g/mol. The highest BCUT2D eigenvalue weighted by Gasteiger charge is 2.35. The van der Waals surface area contributed by atoms with Gasteiger partial charge < -0.3 is 20.5 Å². The molecule has 2 heterocycles. The van der Waals surface area contributed by atoms with Crippen molar-refractivity contribution < 1.29 is 32.6 Å². The highest BCUT2D eigenvalue weighted by molar-refractivity contribution is 5.97. The van der Waals surface area contributed by atoms with Crippen LogP contribution in [-0.2, 0) is 17.5 Å². The van der Waals surface area contributed by atoms with Crippen LogP contribution in [0.15, 0.2) is 36.4 Å². The number of ether oxygens (including phenoxy) is 1. The Morgan fingerprint density at radius 3 is 2.63 bits per heavy atom. The van der Waals surface area contributed by atoms with E-state index in [-0.39, 0.29) is 41.7 Å². The fraction of sp³-hybridized carbons (Fsp3) is 0.316. The van der Waals surface area contributed by atoms with E-state index in [1.165, 1.54) is 35.2 Å². The van der Waals surface area contributed by atoms with Gasteiger partial charge in [0, 0.05) is 24.7 Å². The second-order valence-corrected chi connectivity index (χ2v) is 6.53. The predicted octanol–water partition coefficient (Wildman–Crippen LogP) is 3.46. The molecule has 1 saturated heterocycles. The minimum atomic E-state index is -4.66. The molecule has 162 valence electrons. The van der Waals surface area contributed by atoms with Crippen molar-refractivity contribution in [2.75, 3.05) is 6.54 Å². The summed E-state index contributed by atoms with van der Waals surface area (Å²) >= 11 is 0. The number of halogens is 4. The largest absolute Gasteiger partial charge is 0.480 e. The van der Waals surface area contributed by atoms with E-state index in [1.807, 2.05) is 0 Å². The van der Waals surface area contributed by atoms with E-state index < -0.39 is 29.8 Å². The summed E-state index contributed by atoms with van der Waals surface area (Å²) in [6.07, 6.45) is -3.72. The van der Waals surface area contributed by atoms with Gasteiger partial charge in [-0.3, -0.25) is 4.79 Å². The summed E-state index contributed by atoms with van der Waals surface area (Å²) in [5, 5.41) is 9.24. The van der Waals surface area contributed by atoms with Crippen molar-refractivity contribution in [3.8, 4) is 11.6 Å². The lowest BCUT2D eigenvalue weighted by atomic mass is 10.1. The number of carbonyl (C=O) groups excluding carboxylic acids is 1. The summed E-state index contributed by atoms with van der Waals surface area (Å²) in [6, 6.07) is 6.99. The normalized spacial score (nSPS) is 16.1. The molecule has 1 aliphatic heterocycles. The number of alkyl halides is 3. The molecule has 3 rings (SSSR count). The van der Waals surface area contributed by atoms with E-state index in [0.29, 0.717) is 19.4 Å². The maximum absolute atomic E-state index is 13.0. The van der Waals surface area contributed by atoms with Gasteiger partial charge in [0.05, 0.1) is 0 Å². The summed E-state index contributed by atoms with van der Waals surface area (Å²) < 4.78 is 44.5. The highest BCUT2D eigenvalue weighted by atomic mass is 35.5. The molecule has 1 atom stereocenters. The number of hydrogen-bond acceptors (Lipinski definition) is 5. The van der Waals surface area contributed by atoms with Crippen molar-refractivity contribution in [3.63, 3.8) is 0 Å². The average molecular weight is 446 g/mol. The van der Waals surface area contributed by atoms with Crippen molar-refractivity contribution >= 4 is 24.3 Å². The Morgan fingerprint density at radius 1 is 1.27 bits per heavy atom. The molecule has 0 saturated carbocycles. The number of carbonyl (C=O) groups is 2. The monoisotopic (exact) mass is 445 g/mol. The molecule has 1 amide bonds. The molecule has 1 aliphatic rings. The molecular formula is C19H19ClF3N3O4. The Bertz CT molecular complexity index is 939. The molecule has 1 aromatic carbocycles. The van der Waals surface area contributed by atoms with Crippen molar-refractivity contribution in [1.29, 1.82) is 0 Å². The van der Waals surface area contributed by atoms with Crippen molar-refractivity contribution in [2.24, 2.45) is 5.73 Å². The van der Waals surface area contributed by atoms with E-state index in [4.69, 9.17) is 10.5 Å². The summed E-state index contributed by atoms with van der Waals surface area (Å²) in [6.45, 7) is 0.182. The number of aliphatic carboxylic acids is 1. The van der Waals surface area contributed by atoms with Gasteiger partial charge in [0.25, 0.3) is 5.91 Å². The molecule has 1 fully saturated rings. The first-order valence-electron chi connectivity index (χ1n) is 8.79. The number of aromatic nitrogens is 1. The third kappa shape index (κ3) is 5.19. The van der Waals surface area contributed by atoms with Gasteiger partial charge in [-0.2, -0.15) is 13.2 Å². The van der Waals surface area contributed by atoms with E-state index in [1.54, 1.807) is 0 Å². The Morgan fingerprint density at radius 2 is 2.00 bits per heavy atom. The quantitative estimate of drug-likeness (QED) is 0.730. The van der Waals surface area contributed by atoms with Gasteiger partial charge in [-0.15, -0.1) is 12.4 Å². The van der Waals surface area contributed by atoms with Gasteiger partial charge in [-0.05, 0) is 42.7 Å². The zero-order valence-corrected chi connectivity index (χ0v) is 16.4. The molecule has 0 radical (unpaired) electrons. The van der Waals surface area contributed by atoms with Gasteiger partial charge in [0.15, 0.2) is 0 Å². The van der Waals surface area contributed by atoms with Crippen molar-refractivity contribution in [2.45, 2.75) is 31.6 Å². The third-order valence-electron chi connectivity index (χ3n) is 4.49. The number of hydrogen-bond donors (Lipinski definition) is 2. The van der Waals surface area contributed by atoms with Crippen LogP contribution < -0.4 is 10.5 Å². The molecule has 0 aliphatic carbocycles. The Hall–Kier alpha value is -2.85. The van der Waals surface area contributed by atoms with Crippen LogP contribution in [0.25, 0.3) is 0 Å². The predicted molar refractivity (Wildman–Crippen MR) is 103 cm³/mol. The van der Waals surface area contributed by atoms with Crippen LogP contribution in [0, 0.1) is 0 Å². The maximum atomic E-state index is 13.0. The molecule has 0 bridgehead atoms. The number of benzene rings is 1. The van der Waals surface area contributed by atoms with Crippen LogP contribution in [0.4, 0.5) is 13.2 Å². The lowest BCUT2D eigenvalue weighted by molar-refractivity contribution is -0.142. The smallest absolute Gasteiger partial charge is 0.433 e. The number of likely N-dealkylation sites (tertiary alicyclic amines) is 1. The zero-order chi connectivity index (χ0) is 21.2. The van der Waals surface area contributed by atoms with Crippen LogP contribution in [0.5, 0.6) is 11.6 Å². The molecule has 30 heavy (non-hydrogen) atoms. The van der Waals surface area contributed by atoms with E-state index >= 15 is 0 Å². The average Bonchev–Trinajstić information content (AvgIpc) is 3.17. The maximum Gasteiger partial charge on any atom is 0.433 e. The number of carboxylic acid groups (broad SMARTS) is 1. The highest BCUT2D eigenvalue weighted by Crippen LogP contribution is 2.31. The fourth-order valence-corrected chi connectivity index (χ4v) is 3.12. The molecule has 2 aromatic rings. The van der Waals surface area contributed by atoms with E-state index in [0.717, 1.165) is 6.07 Å². The molecule has 11 heteroatoms. The minimum absolute atomic E-state index is 0. The van der Waals surface area contributed by atoms with Gasteiger partial charge in [0.2, 0.25) is 5.88 Å². The molecule has 0 unspecified atom stereocenters. The fourth-order valence-electron chi connectivity index (χ4n) is 3.12.